The first-order valence-electron chi connectivity index (χ1n) is 5.02. The van der Waals surface area contributed by atoms with Gasteiger partial charge in [-0.05, 0) is 19.9 Å². The summed E-state index contributed by atoms with van der Waals surface area (Å²) < 4.78 is 0. The van der Waals surface area contributed by atoms with Crippen LogP contribution in [0.1, 0.15) is 32.1 Å². The van der Waals surface area contributed by atoms with Crippen LogP contribution >= 0.6 is 12.4 Å². The molecule has 2 fully saturated rings. The number of nitrogens with zero attached hydrogens (tertiary/aromatic N) is 1. The van der Waals surface area contributed by atoms with Crippen LogP contribution in [0.3, 0.4) is 0 Å². The molecule has 2 rings (SSSR count). The van der Waals surface area contributed by atoms with E-state index in [9.17, 15) is 4.79 Å². The summed E-state index contributed by atoms with van der Waals surface area (Å²) in [7, 11) is 2.16. The maximum atomic E-state index is 11.5. The van der Waals surface area contributed by atoms with E-state index in [1.165, 1.54) is 19.3 Å². The Balaban J connectivity index is 0.000000845. The van der Waals surface area contributed by atoms with E-state index >= 15 is 0 Å². The Labute approximate surface area is 86.1 Å². The molecular weight excluding hydrogens is 186 g/mol. The van der Waals surface area contributed by atoms with Crippen molar-refractivity contribution in [3.8, 4) is 0 Å². The van der Waals surface area contributed by atoms with E-state index in [0.717, 1.165) is 19.4 Å². The molecular formula is C10H18ClNO. The van der Waals surface area contributed by atoms with E-state index in [0.29, 0.717) is 17.7 Å². The quantitative estimate of drug-likeness (QED) is 0.599. The van der Waals surface area contributed by atoms with E-state index in [4.69, 9.17) is 0 Å². The van der Waals surface area contributed by atoms with Crippen molar-refractivity contribution in [2.45, 2.75) is 38.1 Å². The highest BCUT2D eigenvalue weighted by Gasteiger charge is 2.36. The van der Waals surface area contributed by atoms with Gasteiger partial charge >= 0.3 is 0 Å². The molecule has 0 N–H and O–H groups in total. The van der Waals surface area contributed by atoms with Crippen LogP contribution in [0.5, 0.6) is 0 Å². The zero-order chi connectivity index (χ0) is 8.55. The first-order valence-corrected chi connectivity index (χ1v) is 5.02. The number of carbonyl (C=O) groups excluding carboxylic acids is 1. The molecule has 1 aliphatic carbocycles. The number of Topliss-reactive ketones (excluding diaryl/α,β-unsaturated/α-hetero) is 1. The van der Waals surface area contributed by atoms with Crippen molar-refractivity contribution in [3.63, 3.8) is 0 Å². The van der Waals surface area contributed by atoms with Gasteiger partial charge in [0.2, 0.25) is 0 Å². The van der Waals surface area contributed by atoms with Gasteiger partial charge in [0.15, 0.2) is 0 Å². The van der Waals surface area contributed by atoms with Crippen molar-refractivity contribution in [3.05, 3.63) is 0 Å². The number of hydrogen-bond donors (Lipinski definition) is 0. The van der Waals surface area contributed by atoms with Crippen LogP contribution in [0.15, 0.2) is 0 Å². The van der Waals surface area contributed by atoms with E-state index in [1.807, 2.05) is 0 Å². The second-order valence-electron chi connectivity index (χ2n) is 4.16. The third kappa shape index (κ3) is 2.05. The van der Waals surface area contributed by atoms with Crippen LogP contribution in [0.2, 0.25) is 0 Å². The SMILES string of the molecule is CN1CCC(=O)C2CCCCC21.Cl. The van der Waals surface area contributed by atoms with Gasteiger partial charge in [-0.3, -0.25) is 4.79 Å². The molecule has 1 heterocycles. The largest absolute Gasteiger partial charge is 0.302 e. The molecule has 2 unspecified atom stereocenters. The maximum Gasteiger partial charge on any atom is 0.138 e. The lowest BCUT2D eigenvalue weighted by molar-refractivity contribution is -0.130. The number of piperidine rings is 1. The molecule has 2 aliphatic rings. The Morgan fingerprint density at radius 1 is 1.31 bits per heavy atom. The average Bonchev–Trinajstić information content (AvgIpc) is 2.12. The van der Waals surface area contributed by atoms with Gasteiger partial charge in [0.25, 0.3) is 0 Å². The molecule has 1 saturated heterocycles. The molecule has 0 amide bonds. The Morgan fingerprint density at radius 2 is 2.00 bits per heavy atom. The van der Waals surface area contributed by atoms with Crippen LogP contribution in [0.25, 0.3) is 0 Å². The van der Waals surface area contributed by atoms with Gasteiger partial charge in [-0.25, -0.2) is 0 Å². The fraction of sp³-hybridized carbons (Fsp3) is 0.900. The lowest BCUT2D eigenvalue weighted by Crippen LogP contribution is -2.48. The van der Waals surface area contributed by atoms with Gasteiger partial charge in [0, 0.05) is 24.9 Å². The van der Waals surface area contributed by atoms with E-state index in [2.05, 4.69) is 11.9 Å². The van der Waals surface area contributed by atoms with E-state index in [1.54, 1.807) is 0 Å². The van der Waals surface area contributed by atoms with E-state index in [-0.39, 0.29) is 12.4 Å². The molecule has 76 valence electrons. The number of hydrogen-bond acceptors (Lipinski definition) is 2. The number of rotatable bonds is 0. The van der Waals surface area contributed by atoms with Crippen molar-refractivity contribution >= 4 is 18.2 Å². The highest BCUT2D eigenvalue weighted by atomic mass is 35.5. The smallest absolute Gasteiger partial charge is 0.138 e. The molecule has 0 aromatic carbocycles. The minimum absolute atomic E-state index is 0. The van der Waals surface area contributed by atoms with Gasteiger partial charge in [0.05, 0.1) is 0 Å². The maximum absolute atomic E-state index is 11.5. The van der Waals surface area contributed by atoms with Crippen LogP contribution in [-0.4, -0.2) is 30.3 Å². The minimum atomic E-state index is 0. The fourth-order valence-electron chi connectivity index (χ4n) is 2.65. The monoisotopic (exact) mass is 203 g/mol. The summed E-state index contributed by atoms with van der Waals surface area (Å²) in [6.07, 6.45) is 5.76. The standard InChI is InChI=1S/C10H17NO.ClH/c1-11-7-6-10(12)8-4-2-3-5-9(8)11;/h8-9H,2-7H2,1H3;1H. The number of fused-ring (bicyclic) bond motifs is 1. The summed E-state index contributed by atoms with van der Waals surface area (Å²) in [5.74, 6) is 0.912. The second-order valence-corrected chi connectivity index (χ2v) is 4.16. The van der Waals surface area contributed by atoms with Gasteiger partial charge in [-0.2, -0.15) is 0 Å². The normalized spacial score (nSPS) is 35.0. The van der Waals surface area contributed by atoms with Crippen LogP contribution in [0.4, 0.5) is 0 Å². The highest BCUT2D eigenvalue weighted by Crippen LogP contribution is 2.32. The topological polar surface area (TPSA) is 20.3 Å². The molecule has 3 heteroatoms. The number of likely N-dealkylation sites (tertiary alicyclic amines) is 1. The molecule has 0 radical (unpaired) electrons. The summed E-state index contributed by atoms with van der Waals surface area (Å²) in [6.45, 7) is 0.986. The minimum Gasteiger partial charge on any atom is -0.302 e. The molecule has 13 heavy (non-hydrogen) atoms. The van der Waals surface area contributed by atoms with Crippen LogP contribution in [0, 0.1) is 5.92 Å². The van der Waals surface area contributed by atoms with Crippen molar-refractivity contribution in [1.82, 2.24) is 4.90 Å². The average molecular weight is 204 g/mol. The Hall–Kier alpha value is -0.0800. The Morgan fingerprint density at radius 3 is 2.69 bits per heavy atom. The predicted octanol–water partition coefficient (Wildman–Crippen LogP) is 1.87. The van der Waals surface area contributed by atoms with Crippen molar-refractivity contribution in [2.24, 2.45) is 5.92 Å². The Bertz CT molecular complexity index is 195. The number of ketones is 1. The highest BCUT2D eigenvalue weighted by molar-refractivity contribution is 5.85. The second kappa shape index (κ2) is 4.43. The molecule has 0 bridgehead atoms. The zero-order valence-electron chi connectivity index (χ0n) is 8.16. The molecule has 0 aromatic heterocycles. The summed E-state index contributed by atoms with van der Waals surface area (Å²) in [6, 6.07) is 0.583. The number of halogens is 1. The fourth-order valence-corrected chi connectivity index (χ4v) is 2.65. The molecule has 1 aliphatic heterocycles. The van der Waals surface area contributed by atoms with Crippen LogP contribution in [-0.2, 0) is 4.79 Å². The van der Waals surface area contributed by atoms with Crippen molar-refractivity contribution < 1.29 is 4.79 Å². The van der Waals surface area contributed by atoms with Gasteiger partial charge < -0.3 is 4.90 Å². The first kappa shape index (κ1) is 11.0. The van der Waals surface area contributed by atoms with Crippen molar-refractivity contribution in [2.75, 3.05) is 13.6 Å². The summed E-state index contributed by atoms with van der Waals surface area (Å²) in [5.41, 5.74) is 0. The third-order valence-corrected chi connectivity index (χ3v) is 3.42. The van der Waals surface area contributed by atoms with Crippen LogP contribution < -0.4 is 0 Å². The summed E-state index contributed by atoms with van der Waals surface area (Å²) in [4.78, 5) is 13.9. The molecule has 2 atom stereocenters. The van der Waals surface area contributed by atoms with E-state index < -0.39 is 0 Å². The zero-order valence-corrected chi connectivity index (χ0v) is 8.98. The molecule has 0 aromatic rings. The lowest BCUT2D eigenvalue weighted by Gasteiger charge is -2.41. The third-order valence-electron chi connectivity index (χ3n) is 3.42. The van der Waals surface area contributed by atoms with Crippen molar-refractivity contribution in [1.29, 1.82) is 0 Å². The summed E-state index contributed by atoms with van der Waals surface area (Å²) in [5, 5.41) is 0. The number of carbonyl (C=O) groups is 1. The van der Waals surface area contributed by atoms with Gasteiger partial charge in [0.1, 0.15) is 5.78 Å². The molecule has 0 spiro atoms. The Kier molecular flexibility index (Phi) is 3.74. The van der Waals surface area contributed by atoms with Gasteiger partial charge in [-0.15, -0.1) is 12.4 Å². The summed E-state index contributed by atoms with van der Waals surface area (Å²) >= 11 is 0. The molecule has 1 saturated carbocycles. The predicted molar refractivity (Wildman–Crippen MR) is 55.2 cm³/mol. The first-order chi connectivity index (χ1) is 5.79. The molecule has 2 nitrogen and oxygen atoms in total. The lowest BCUT2D eigenvalue weighted by atomic mass is 9.78. The van der Waals surface area contributed by atoms with Gasteiger partial charge in [-0.1, -0.05) is 12.8 Å².